The second-order valence-electron chi connectivity index (χ2n) is 13.3. The number of fused-ring (bicyclic) bond motifs is 9. The Morgan fingerprint density at radius 2 is 0.560 bits per heavy atom. The van der Waals surface area contributed by atoms with Gasteiger partial charge in [0.15, 0.2) is 0 Å². The smallest absolute Gasteiger partial charge is 0.258 e. The second kappa shape index (κ2) is 10.8. The van der Waals surface area contributed by atoms with Crippen molar-refractivity contribution in [1.82, 2.24) is 0 Å². The summed E-state index contributed by atoms with van der Waals surface area (Å²) in [5.74, 6) is 0. The lowest BCUT2D eigenvalue weighted by atomic mass is 9.48. The van der Waals surface area contributed by atoms with Crippen LogP contribution in [0.1, 0.15) is 99.6 Å². The summed E-state index contributed by atoms with van der Waals surface area (Å²) >= 11 is 0. The Hall–Kier alpha value is -5.94. The van der Waals surface area contributed by atoms with E-state index in [1.807, 2.05) is 27.7 Å². The molecule has 50 heavy (non-hydrogen) atoms. The topological polar surface area (TPSA) is 259 Å². The average Bonchev–Trinajstić information content (AvgIpc) is 3.45. The number of nitrogens with zero attached hydrogens (tertiary/aromatic N) is 6. The Balaban J connectivity index is 2.02. The van der Waals surface area contributed by atoms with Crippen LogP contribution in [0, 0.1) is 66.1 Å². The van der Waals surface area contributed by atoms with Gasteiger partial charge in [0.1, 0.15) is 0 Å². The van der Waals surface area contributed by atoms with Gasteiger partial charge in [0.05, 0.1) is 29.5 Å². The van der Waals surface area contributed by atoms with Crippen LogP contribution in [-0.4, -0.2) is 29.5 Å². The van der Waals surface area contributed by atoms with Gasteiger partial charge in [-0.05, 0) is 52.6 Å². The fourth-order valence-electron chi connectivity index (χ4n) is 10.6. The van der Waals surface area contributed by atoms with Gasteiger partial charge in [-0.3, -0.25) is 60.7 Å². The predicted molar refractivity (Wildman–Crippen MR) is 174 cm³/mol. The number of hydrogen-bond donors (Lipinski definition) is 0. The molecule has 3 aliphatic carbocycles. The van der Waals surface area contributed by atoms with Gasteiger partial charge < -0.3 is 0 Å². The summed E-state index contributed by atoms with van der Waals surface area (Å²) in [4.78, 5) is 69.1. The summed E-state index contributed by atoms with van der Waals surface area (Å²) in [6, 6.07) is 6.68. The van der Waals surface area contributed by atoms with E-state index in [2.05, 4.69) is 0 Å². The maximum Gasteiger partial charge on any atom is 0.346 e. The van der Waals surface area contributed by atoms with Crippen LogP contribution in [0.15, 0.2) is 36.4 Å². The van der Waals surface area contributed by atoms with Crippen LogP contribution in [0.3, 0.4) is 0 Å². The van der Waals surface area contributed by atoms with Crippen molar-refractivity contribution in [2.45, 2.75) is 82.5 Å². The fourth-order valence-corrected chi connectivity index (χ4v) is 10.6. The number of nitro groups is 6. The molecule has 0 atom stereocenters. The molecule has 0 aliphatic heterocycles. The molecule has 0 unspecified atom stereocenters. The van der Waals surface area contributed by atoms with Crippen LogP contribution in [-0.2, 0) is 16.2 Å². The summed E-state index contributed by atoms with van der Waals surface area (Å²) in [5, 5.41) is 74.5. The van der Waals surface area contributed by atoms with Gasteiger partial charge >= 0.3 is 34.1 Å². The second-order valence-corrected chi connectivity index (χ2v) is 13.3. The van der Waals surface area contributed by atoms with Gasteiger partial charge in [-0.2, -0.15) is 0 Å². The predicted octanol–water partition coefficient (Wildman–Crippen LogP) is 7.74. The molecule has 0 fully saturated rings. The molecule has 0 radical (unpaired) electrons. The Morgan fingerprint density at radius 1 is 0.400 bits per heavy atom. The molecule has 0 saturated carbocycles. The molecule has 18 heteroatoms. The van der Waals surface area contributed by atoms with Gasteiger partial charge in [0.2, 0.25) is 0 Å². The Labute approximate surface area is 282 Å². The first-order valence-electron chi connectivity index (χ1n) is 15.9. The fraction of sp³-hybridized carbons (Fsp3) is 0.438. The van der Waals surface area contributed by atoms with Crippen molar-refractivity contribution in [3.8, 4) is 0 Å². The first-order chi connectivity index (χ1) is 23.5. The van der Waals surface area contributed by atoms with Crippen molar-refractivity contribution < 1.29 is 29.5 Å². The van der Waals surface area contributed by atoms with E-state index in [0.29, 0.717) is 19.3 Å². The molecule has 0 amide bonds. The molecule has 0 bridgehead atoms. The standard InChI is InChI=1S/C32H30N6O12/c1-5-8-30-17-11-23(33(39)40)25(35(43)44)13-19(17)31(9-6-2)21-15-27(37(47)48)28(38(49)50)16-22(21)32(10-7-3,29(30,31)4)20-14-26(36(45)46)24(34(41)42)12-18(20)30/h11-16H,5-10H2,1-4H3. The summed E-state index contributed by atoms with van der Waals surface area (Å²) in [7, 11) is 0. The van der Waals surface area contributed by atoms with E-state index in [1.54, 1.807) is 0 Å². The Kier molecular flexibility index (Phi) is 7.32. The molecule has 3 aliphatic rings. The highest BCUT2D eigenvalue weighted by molar-refractivity contribution is 5.83. The van der Waals surface area contributed by atoms with E-state index >= 15 is 0 Å². The molecule has 0 spiro atoms. The van der Waals surface area contributed by atoms with Crippen LogP contribution in [0.2, 0.25) is 0 Å². The molecule has 0 aromatic heterocycles. The third-order valence-electron chi connectivity index (χ3n) is 11.7. The highest BCUT2D eigenvalue weighted by Crippen LogP contribution is 2.86. The zero-order valence-corrected chi connectivity index (χ0v) is 27.3. The molecular weight excluding hydrogens is 660 g/mol. The van der Waals surface area contributed by atoms with Crippen molar-refractivity contribution in [3.05, 3.63) is 130 Å². The quantitative estimate of drug-likeness (QED) is 0.130. The summed E-state index contributed by atoms with van der Waals surface area (Å²) in [6.07, 6.45) is 1.56. The van der Waals surface area contributed by atoms with Crippen LogP contribution in [0.25, 0.3) is 0 Å². The van der Waals surface area contributed by atoms with Crippen LogP contribution in [0.5, 0.6) is 0 Å². The molecule has 6 rings (SSSR count). The summed E-state index contributed by atoms with van der Waals surface area (Å²) < 4.78 is 0. The maximum absolute atomic E-state index is 12.4. The molecule has 260 valence electrons. The number of nitro benzene ring substituents is 6. The largest absolute Gasteiger partial charge is 0.346 e. The molecule has 0 saturated heterocycles. The van der Waals surface area contributed by atoms with E-state index in [9.17, 15) is 60.7 Å². The third-order valence-corrected chi connectivity index (χ3v) is 11.7. The van der Waals surface area contributed by atoms with Gasteiger partial charge in [-0.1, -0.05) is 47.0 Å². The van der Waals surface area contributed by atoms with E-state index in [-0.39, 0.29) is 52.6 Å². The summed E-state index contributed by atoms with van der Waals surface area (Å²) in [5.41, 5.74) is -9.18. The van der Waals surface area contributed by atoms with Crippen molar-refractivity contribution >= 4 is 34.1 Å². The SMILES string of the molecule is CCCC12c3cc([N+](=O)[O-])c([N+](=O)[O-])cc3C3(CCC)c4cc([N+](=O)[O-])c([N+](=O)[O-])cc4C(CCC)(c4cc([N+](=O)[O-])c([N+](=O)[O-])cc41)C23C. The highest BCUT2D eigenvalue weighted by Gasteiger charge is 2.83. The minimum Gasteiger partial charge on any atom is -0.258 e. The highest BCUT2D eigenvalue weighted by atomic mass is 16.7. The zero-order valence-electron chi connectivity index (χ0n) is 27.3. The normalized spacial score (nSPS) is 25.0. The first-order valence-corrected chi connectivity index (χ1v) is 15.9. The molecule has 0 N–H and O–H groups in total. The Morgan fingerprint density at radius 3 is 0.680 bits per heavy atom. The third kappa shape index (κ3) is 3.56. The van der Waals surface area contributed by atoms with E-state index in [1.165, 1.54) is 0 Å². The van der Waals surface area contributed by atoms with Crippen molar-refractivity contribution in [1.29, 1.82) is 0 Å². The van der Waals surface area contributed by atoms with Crippen molar-refractivity contribution in [2.24, 2.45) is 5.41 Å². The number of rotatable bonds is 12. The van der Waals surface area contributed by atoms with Gasteiger partial charge in [0, 0.05) is 58.1 Å². The maximum atomic E-state index is 12.4. The lowest BCUT2D eigenvalue weighted by molar-refractivity contribution is -0.422. The lowest BCUT2D eigenvalue weighted by Gasteiger charge is -2.53. The van der Waals surface area contributed by atoms with Gasteiger partial charge in [0.25, 0.3) is 0 Å². The molecular formula is C32H30N6O12. The monoisotopic (exact) mass is 690 g/mol. The summed E-state index contributed by atoms with van der Waals surface area (Å²) in [6.45, 7) is 7.28. The van der Waals surface area contributed by atoms with Gasteiger partial charge in [-0.15, -0.1) is 0 Å². The van der Waals surface area contributed by atoms with Crippen LogP contribution >= 0.6 is 0 Å². The minimum atomic E-state index is -1.45. The zero-order chi connectivity index (χ0) is 36.9. The van der Waals surface area contributed by atoms with Crippen molar-refractivity contribution in [3.63, 3.8) is 0 Å². The molecule has 3 aromatic rings. The van der Waals surface area contributed by atoms with Crippen LogP contribution < -0.4 is 0 Å². The first kappa shape index (κ1) is 33.9. The number of benzene rings is 3. The minimum absolute atomic E-state index is 0.155. The Bertz CT molecular complexity index is 1770. The molecule has 0 heterocycles. The van der Waals surface area contributed by atoms with E-state index < -0.39 is 85.3 Å². The average molecular weight is 691 g/mol. The number of hydrogen-bond acceptors (Lipinski definition) is 12. The van der Waals surface area contributed by atoms with Crippen molar-refractivity contribution in [2.75, 3.05) is 0 Å². The molecule has 18 nitrogen and oxygen atoms in total. The van der Waals surface area contributed by atoms with Crippen LogP contribution in [0.4, 0.5) is 34.1 Å². The lowest BCUT2D eigenvalue weighted by Crippen LogP contribution is -2.54. The van der Waals surface area contributed by atoms with E-state index in [4.69, 9.17) is 0 Å². The molecule has 3 aromatic carbocycles. The van der Waals surface area contributed by atoms with E-state index in [0.717, 1.165) is 36.4 Å². The van der Waals surface area contributed by atoms with Gasteiger partial charge in [-0.25, -0.2) is 0 Å².